The molecule has 156 valence electrons. The Kier molecular flexibility index (Phi) is 5.60. The van der Waals surface area contributed by atoms with Gasteiger partial charge in [-0.3, -0.25) is 0 Å². The number of nitrogens with one attached hydrogen (secondary N) is 1. The SMILES string of the molecule is N#C/C(N=C(c1ccccc1)c1ccccc1)=C1/Nc2ccccc2C1=Nc1ccccc1. The molecule has 4 nitrogen and oxygen atoms in total. The molecule has 5 rings (SSSR count). The number of nitriles is 1. The van der Waals surface area contributed by atoms with Gasteiger partial charge in [0.15, 0.2) is 5.70 Å². The molecule has 0 spiro atoms. The van der Waals surface area contributed by atoms with Crippen molar-refractivity contribution in [3.63, 3.8) is 0 Å². The van der Waals surface area contributed by atoms with Crippen LogP contribution in [-0.2, 0) is 0 Å². The highest BCUT2D eigenvalue weighted by Gasteiger charge is 2.26. The Hall–Kier alpha value is -4.75. The Bertz CT molecular complexity index is 1370. The van der Waals surface area contributed by atoms with Gasteiger partial charge < -0.3 is 5.32 Å². The summed E-state index contributed by atoms with van der Waals surface area (Å²) in [5.41, 5.74) is 6.87. The molecule has 33 heavy (non-hydrogen) atoms. The normalized spacial score (nSPS) is 14.7. The quantitative estimate of drug-likeness (QED) is 0.300. The van der Waals surface area contributed by atoms with Crippen molar-refractivity contribution in [2.45, 2.75) is 0 Å². The average molecular weight is 425 g/mol. The van der Waals surface area contributed by atoms with E-state index >= 15 is 0 Å². The molecule has 1 N–H and O–H groups in total. The van der Waals surface area contributed by atoms with E-state index in [2.05, 4.69) is 11.4 Å². The van der Waals surface area contributed by atoms with Crippen molar-refractivity contribution in [3.05, 3.63) is 143 Å². The largest absolute Gasteiger partial charge is 0.351 e. The summed E-state index contributed by atoms with van der Waals surface area (Å²) in [5, 5.41) is 13.6. The van der Waals surface area contributed by atoms with Crippen molar-refractivity contribution in [1.82, 2.24) is 0 Å². The molecule has 0 aromatic heterocycles. The first kappa shape index (κ1) is 20.2. The maximum atomic E-state index is 10.2. The van der Waals surface area contributed by atoms with Crippen LogP contribution in [0.2, 0.25) is 0 Å². The van der Waals surface area contributed by atoms with E-state index in [9.17, 15) is 5.26 Å². The third kappa shape index (κ3) is 4.21. The Labute approximate surface area is 192 Å². The van der Waals surface area contributed by atoms with E-state index in [1.807, 2.05) is 115 Å². The average Bonchev–Trinajstić information content (AvgIpc) is 3.24. The van der Waals surface area contributed by atoms with E-state index in [-0.39, 0.29) is 5.70 Å². The van der Waals surface area contributed by atoms with E-state index in [1.165, 1.54) is 0 Å². The van der Waals surface area contributed by atoms with Gasteiger partial charge in [0, 0.05) is 22.4 Å². The fourth-order valence-corrected chi connectivity index (χ4v) is 3.78. The van der Waals surface area contributed by atoms with Gasteiger partial charge in [-0.05, 0) is 18.2 Å². The molecule has 0 aliphatic carbocycles. The molecule has 0 fully saturated rings. The van der Waals surface area contributed by atoms with Crippen molar-refractivity contribution in [1.29, 1.82) is 5.26 Å². The second kappa shape index (κ2) is 9.17. The molecule has 0 radical (unpaired) electrons. The molecular weight excluding hydrogens is 404 g/mol. The van der Waals surface area contributed by atoms with Crippen molar-refractivity contribution in [3.8, 4) is 6.07 Å². The Balaban J connectivity index is 1.72. The maximum absolute atomic E-state index is 10.2. The highest BCUT2D eigenvalue weighted by Crippen LogP contribution is 2.32. The van der Waals surface area contributed by atoms with Crippen molar-refractivity contribution >= 4 is 22.8 Å². The predicted octanol–water partition coefficient (Wildman–Crippen LogP) is 6.51. The maximum Gasteiger partial charge on any atom is 0.166 e. The number of rotatable bonds is 4. The molecule has 0 saturated carbocycles. The Morgan fingerprint density at radius 2 is 1.21 bits per heavy atom. The lowest BCUT2D eigenvalue weighted by Gasteiger charge is -2.09. The van der Waals surface area contributed by atoms with E-state index in [1.54, 1.807) is 0 Å². The molecule has 0 atom stereocenters. The summed E-state index contributed by atoms with van der Waals surface area (Å²) in [5.74, 6) is 0. The summed E-state index contributed by atoms with van der Waals surface area (Å²) in [6.07, 6.45) is 0. The van der Waals surface area contributed by atoms with Gasteiger partial charge in [0.05, 0.1) is 17.1 Å². The third-order valence-electron chi connectivity index (χ3n) is 5.34. The van der Waals surface area contributed by atoms with E-state index in [0.717, 1.165) is 33.8 Å². The molecule has 0 saturated heterocycles. The summed E-state index contributed by atoms with van der Waals surface area (Å²) in [7, 11) is 0. The van der Waals surface area contributed by atoms with Crippen LogP contribution in [-0.4, -0.2) is 11.4 Å². The number of nitrogens with zero attached hydrogens (tertiary/aromatic N) is 3. The van der Waals surface area contributed by atoms with Gasteiger partial charge in [-0.1, -0.05) is 97.1 Å². The van der Waals surface area contributed by atoms with Crippen molar-refractivity contribution in [2.24, 2.45) is 9.98 Å². The van der Waals surface area contributed by atoms with E-state index in [0.29, 0.717) is 11.4 Å². The lowest BCUT2D eigenvalue weighted by atomic mass is 10.0. The Morgan fingerprint density at radius 3 is 1.82 bits per heavy atom. The van der Waals surface area contributed by atoms with Crippen LogP contribution in [0.1, 0.15) is 16.7 Å². The molecular formula is C29H20N4. The Morgan fingerprint density at radius 1 is 0.667 bits per heavy atom. The molecule has 4 heteroatoms. The van der Waals surface area contributed by atoms with Crippen LogP contribution in [0.15, 0.2) is 137 Å². The highest BCUT2D eigenvalue weighted by atomic mass is 15.0. The van der Waals surface area contributed by atoms with Crippen LogP contribution in [0.25, 0.3) is 0 Å². The van der Waals surface area contributed by atoms with Gasteiger partial charge in [0.2, 0.25) is 0 Å². The van der Waals surface area contributed by atoms with Gasteiger partial charge in [-0.2, -0.15) is 5.26 Å². The van der Waals surface area contributed by atoms with E-state index in [4.69, 9.17) is 9.98 Å². The van der Waals surface area contributed by atoms with Gasteiger partial charge in [0.1, 0.15) is 11.8 Å². The minimum absolute atomic E-state index is 0.281. The van der Waals surface area contributed by atoms with Gasteiger partial charge in [-0.15, -0.1) is 0 Å². The van der Waals surface area contributed by atoms with Crippen LogP contribution in [0.5, 0.6) is 0 Å². The van der Waals surface area contributed by atoms with Crippen molar-refractivity contribution in [2.75, 3.05) is 5.32 Å². The summed E-state index contributed by atoms with van der Waals surface area (Å²) in [6.45, 7) is 0. The molecule has 0 amide bonds. The standard InChI is InChI=1S/C29H20N4/c30-20-26(33-27(21-12-4-1-5-13-21)22-14-6-2-7-15-22)29-28(31-23-16-8-3-9-17-23)24-18-10-11-19-25(24)32-29/h1-19,32H/b29-26-,31-28?. The fourth-order valence-electron chi connectivity index (χ4n) is 3.78. The lowest BCUT2D eigenvalue weighted by molar-refractivity contribution is 1.32. The lowest BCUT2D eigenvalue weighted by Crippen LogP contribution is -2.09. The third-order valence-corrected chi connectivity index (χ3v) is 5.34. The first-order chi connectivity index (χ1) is 16.3. The number of hydrogen-bond donors (Lipinski definition) is 1. The molecule has 4 aromatic rings. The number of anilines is 1. The topological polar surface area (TPSA) is 60.5 Å². The predicted molar refractivity (Wildman–Crippen MR) is 134 cm³/mol. The van der Waals surface area contributed by atoms with Crippen LogP contribution >= 0.6 is 0 Å². The molecule has 0 bridgehead atoms. The van der Waals surface area contributed by atoms with Crippen LogP contribution in [0.3, 0.4) is 0 Å². The molecule has 1 aliphatic rings. The second-order valence-corrected chi connectivity index (χ2v) is 7.49. The zero-order valence-electron chi connectivity index (χ0n) is 17.8. The van der Waals surface area contributed by atoms with E-state index < -0.39 is 0 Å². The monoisotopic (exact) mass is 424 g/mol. The van der Waals surface area contributed by atoms with Crippen LogP contribution in [0, 0.1) is 11.3 Å². The molecule has 1 aliphatic heterocycles. The molecule has 1 heterocycles. The first-order valence-electron chi connectivity index (χ1n) is 10.7. The van der Waals surface area contributed by atoms with Gasteiger partial charge in [-0.25, -0.2) is 9.98 Å². The number of allylic oxidation sites excluding steroid dienone is 2. The minimum Gasteiger partial charge on any atom is -0.351 e. The zero-order chi connectivity index (χ0) is 22.5. The van der Waals surface area contributed by atoms with Crippen LogP contribution < -0.4 is 5.32 Å². The number of benzene rings is 4. The minimum atomic E-state index is 0.281. The smallest absolute Gasteiger partial charge is 0.166 e. The number of hydrogen-bond acceptors (Lipinski definition) is 4. The second-order valence-electron chi connectivity index (χ2n) is 7.49. The molecule has 0 unspecified atom stereocenters. The summed E-state index contributed by atoms with van der Waals surface area (Å²) >= 11 is 0. The molecule has 4 aromatic carbocycles. The summed E-state index contributed by atoms with van der Waals surface area (Å²) < 4.78 is 0. The number of fused-ring (bicyclic) bond motifs is 1. The highest BCUT2D eigenvalue weighted by molar-refractivity contribution is 6.23. The number of para-hydroxylation sites is 2. The zero-order valence-corrected chi connectivity index (χ0v) is 17.8. The van der Waals surface area contributed by atoms with Gasteiger partial charge >= 0.3 is 0 Å². The van der Waals surface area contributed by atoms with Crippen LogP contribution in [0.4, 0.5) is 11.4 Å². The fraction of sp³-hybridized carbons (Fsp3) is 0. The summed E-state index contributed by atoms with van der Waals surface area (Å²) in [6, 6.07) is 39.8. The van der Waals surface area contributed by atoms with Crippen molar-refractivity contribution < 1.29 is 0 Å². The number of aliphatic imine (C=N–C) groups is 2. The first-order valence-corrected chi connectivity index (χ1v) is 10.7. The summed E-state index contributed by atoms with van der Waals surface area (Å²) in [4.78, 5) is 9.76. The van der Waals surface area contributed by atoms with Gasteiger partial charge in [0.25, 0.3) is 0 Å².